The molecule has 1 aliphatic heterocycles. The van der Waals surface area contributed by atoms with Gasteiger partial charge >= 0.3 is 6.03 Å². The second kappa shape index (κ2) is 6.48. The van der Waals surface area contributed by atoms with Crippen molar-refractivity contribution in [1.29, 1.82) is 0 Å². The molecule has 0 saturated carbocycles. The molecule has 1 fully saturated rings. The second-order valence-electron chi connectivity index (χ2n) is 5.35. The Hall–Kier alpha value is -2.89. The summed E-state index contributed by atoms with van der Waals surface area (Å²) in [6, 6.07) is 14.2. The summed E-state index contributed by atoms with van der Waals surface area (Å²) in [5.74, 6) is -0.390. The first-order chi connectivity index (χ1) is 11.1. The summed E-state index contributed by atoms with van der Waals surface area (Å²) in [7, 11) is 0. The number of hydrogen-bond acceptors (Lipinski definition) is 2. The number of carbonyl (C=O) groups excluding carboxylic acids is 2. The SMILES string of the molecule is O=C(Nc1ccc(F)cc1)N[C@H]1CC(=O)N(c2ccccc2)C1. The van der Waals surface area contributed by atoms with Crippen LogP contribution in [0.25, 0.3) is 0 Å². The maximum Gasteiger partial charge on any atom is 0.319 e. The number of carbonyl (C=O) groups is 2. The van der Waals surface area contributed by atoms with Crippen LogP contribution >= 0.6 is 0 Å². The zero-order chi connectivity index (χ0) is 16.2. The summed E-state index contributed by atoms with van der Waals surface area (Å²) in [6.07, 6.45) is 0.256. The van der Waals surface area contributed by atoms with Gasteiger partial charge in [-0.1, -0.05) is 18.2 Å². The van der Waals surface area contributed by atoms with Crippen molar-refractivity contribution < 1.29 is 14.0 Å². The van der Waals surface area contributed by atoms with E-state index in [9.17, 15) is 14.0 Å². The fraction of sp³-hybridized carbons (Fsp3) is 0.176. The second-order valence-corrected chi connectivity index (χ2v) is 5.35. The number of para-hydroxylation sites is 1. The quantitative estimate of drug-likeness (QED) is 0.915. The third kappa shape index (κ3) is 3.66. The zero-order valence-electron chi connectivity index (χ0n) is 12.3. The van der Waals surface area contributed by atoms with E-state index in [4.69, 9.17) is 0 Å². The highest BCUT2D eigenvalue weighted by Crippen LogP contribution is 2.21. The Labute approximate surface area is 133 Å². The molecular formula is C17H16FN3O2. The number of rotatable bonds is 3. The van der Waals surface area contributed by atoms with Crippen LogP contribution in [0.3, 0.4) is 0 Å². The topological polar surface area (TPSA) is 61.4 Å². The summed E-state index contributed by atoms with van der Waals surface area (Å²) in [6.45, 7) is 0.430. The van der Waals surface area contributed by atoms with Gasteiger partial charge in [-0.15, -0.1) is 0 Å². The van der Waals surface area contributed by atoms with E-state index in [1.807, 2.05) is 30.3 Å². The average Bonchev–Trinajstić information content (AvgIpc) is 2.91. The highest BCUT2D eigenvalue weighted by Gasteiger charge is 2.31. The minimum atomic E-state index is -0.413. The van der Waals surface area contributed by atoms with E-state index in [0.29, 0.717) is 12.2 Å². The molecule has 0 aliphatic carbocycles. The van der Waals surface area contributed by atoms with E-state index < -0.39 is 6.03 Å². The Bertz CT molecular complexity index is 704. The van der Waals surface area contributed by atoms with Gasteiger partial charge in [-0.2, -0.15) is 0 Å². The maximum atomic E-state index is 12.8. The van der Waals surface area contributed by atoms with Gasteiger partial charge in [-0.25, -0.2) is 9.18 Å². The lowest BCUT2D eigenvalue weighted by atomic mass is 10.2. The minimum absolute atomic E-state index is 0.0247. The summed E-state index contributed by atoms with van der Waals surface area (Å²) in [5, 5.41) is 5.38. The third-order valence-electron chi connectivity index (χ3n) is 3.63. The maximum absolute atomic E-state index is 12.8. The first-order valence-corrected chi connectivity index (χ1v) is 7.30. The summed E-state index contributed by atoms with van der Waals surface area (Å²) in [4.78, 5) is 25.7. The van der Waals surface area contributed by atoms with Gasteiger partial charge in [-0.05, 0) is 36.4 Å². The largest absolute Gasteiger partial charge is 0.333 e. The number of benzene rings is 2. The lowest BCUT2D eigenvalue weighted by molar-refractivity contribution is -0.117. The number of nitrogens with zero attached hydrogens (tertiary/aromatic N) is 1. The molecule has 3 rings (SSSR count). The smallest absolute Gasteiger partial charge is 0.319 e. The monoisotopic (exact) mass is 313 g/mol. The van der Waals surface area contributed by atoms with E-state index in [-0.39, 0.29) is 24.2 Å². The van der Waals surface area contributed by atoms with Crippen LogP contribution in [-0.4, -0.2) is 24.5 Å². The van der Waals surface area contributed by atoms with Crippen molar-refractivity contribution in [2.24, 2.45) is 0 Å². The van der Waals surface area contributed by atoms with E-state index in [1.54, 1.807) is 4.90 Å². The number of anilines is 2. The predicted molar refractivity (Wildman–Crippen MR) is 85.8 cm³/mol. The molecular weight excluding hydrogens is 297 g/mol. The van der Waals surface area contributed by atoms with Gasteiger partial charge in [0.25, 0.3) is 0 Å². The molecule has 0 unspecified atom stereocenters. The Morgan fingerprint density at radius 1 is 1.09 bits per heavy atom. The highest BCUT2D eigenvalue weighted by molar-refractivity contribution is 5.97. The molecule has 0 spiro atoms. The van der Waals surface area contributed by atoms with Gasteiger partial charge in [-0.3, -0.25) is 4.79 Å². The van der Waals surface area contributed by atoms with Gasteiger partial charge in [0.2, 0.25) is 5.91 Å². The van der Waals surface area contributed by atoms with Gasteiger partial charge in [0, 0.05) is 24.3 Å². The van der Waals surface area contributed by atoms with Crippen molar-refractivity contribution in [2.75, 3.05) is 16.8 Å². The first-order valence-electron chi connectivity index (χ1n) is 7.30. The summed E-state index contributed by atoms with van der Waals surface area (Å²) in [5.41, 5.74) is 1.31. The Morgan fingerprint density at radius 2 is 1.78 bits per heavy atom. The molecule has 0 bridgehead atoms. The standard InChI is InChI=1S/C17H16FN3O2/c18-12-6-8-13(9-7-12)19-17(23)20-14-10-16(22)21(11-14)15-4-2-1-3-5-15/h1-9,14H,10-11H2,(H2,19,20,23)/t14-/m0/s1. The molecule has 1 atom stereocenters. The molecule has 1 aliphatic rings. The number of amides is 3. The molecule has 2 aromatic carbocycles. The molecule has 0 aromatic heterocycles. The van der Waals surface area contributed by atoms with Crippen LogP contribution in [0.4, 0.5) is 20.6 Å². The molecule has 6 heteroatoms. The summed E-state index contributed by atoms with van der Waals surface area (Å²) < 4.78 is 12.8. The number of halogens is 1. The van der Waals surface area contributed by atoms with Crippen LogP contribution in [-0.2, 0) is 4.79 Å². The van der Waals surface area contributed by atoms with Crippen molar-refractivity contribution in [3.8, 4) is 0 Å². The molecule has 2 N–H and O–H groups in total. The fourth-order valence-electron chi connectivity index (χ4n) is 2.55. The Morgan fingerprint density at radius 3 is 2.48 bits per heavy atom. The highest BCUT2D eigenvalue weighted by atomic mass is 19.1. The zero-order valence-corrected chi connectivity index (χ0v) is 12.3. The normalized spacial score (nSPS) is 17.2. The molecule has 1 heterocycles. The van der Waals surface area contributed by atoms with Crippen LogP contribution < -0.4 is 15.5 Å². The molecule has 23 heavy (non-hydrogen) atoms. The third-order valence-corrected chi connectivity index (χ3v) is 3.63. The van der Waals surface area contributed by atoms with Crippen molar-refractivity contribution in [1.82, 2.24) is 5.32 Å². The van der Waals surface area contributed by atoms with Crippen LogP contribution in [0.2, 0.25) is 0 Å². The van der Waals surface area contributed by atoms with Crippen LogP contribution in [0.5, 0.6) is 0 Å². The fourth-order valence-corrected chi connectivity index (χ4v) is 2.55. The van der Waals surface area contributed by atoms with Crippen molar-refractivity contribution in [3.63, 3.8) is 0 Å². The Kier molecular flexibility index (Phi) is 4.23. The molecule has 3 amide bonds. The molecule has 1 saturated heterocycles. The lowest BCUT2D eigenvalue weighted by Gasteiger charge is -2.17. The molecule has 2 aromatic rings. The van der Waals surface area contributed by atoms with Gasteiger partial charge in [0.05, 0.1) is 6.04 Å². The summed E-state index contributed by atoms with van der Waals surface area (Å²) >= 11 is 0. The van der Waals surface area contributed by atoms with Crippen molar-refractivity contribution >= 4 is 23.3 Å². The average molecular weight is 313 g/mol. The van der Waals surface area contributed by atoms with E-state index in [2.05, 4.69) is 10.6 Å². The minimum Gasteiger partial charge on any atom is -0.333 e. The van der Waals surface area contributed by atoms with E-state index in [1.165, 1.54) is 24.3 Å². The number of urea groups is 1. The van der Waals surface area contributed by atoms with Gasteiger partial charge < -0.3 is 15.5 Å². The number of hydrogen-bond donors (Lipinski definition) is 2. The Balaban J connectivity index is 1.57. The predicted octanol–water partition coefficient (Wildman–Crippen LogP) is 2.75. The van der Waals surface area contributed by atoms with Crippen LogP contribution in [0, 0.1) is 5.82 Å². The van der Waals surface area contributed by atoms with Gasteiger partial charge in [0.15, 0.2) is 0 Å². The van der Waals surface area contributed by atoms with Crippen LogP contribution in [0.15, 0.2) is 54.6 Å². The molecule has 5 nitrogen and oxygen atoms in total. The molecule has 0 radical (unpaired) electrons. The van der Waals surface area contributed by atoms with Crippen LogP contribution in [0.1, 0.15) is 6.42 Å². The van der Waals surface area contributed by atoms with Gasteiger partial charge in [0.1, 0.15) is 5.82 Å². The van der Waals surface area contributed by atoms with Crippen molar-refractivity contribution in [2.45, 2.75) is 12.5 Å². The lowest BCUT2D eigenvalue weighted by Crippen LogP contribution is -2.39. The number of nitrogens with one attached hydrogen (secondary N) is 2. The van der Waals surface area contributed by atoms with E-state index in [0.717, 1.165) is 5.69 Å². The first kappa shape index (κ1) is 15.0. The van der Waals surface area contributed by atoms with Crippen molar-refractivity contribution in [3.05, 3.63) is 60.4 Å². The molecule has 118 valence electrons. The van der Waals surface area contributed by atoms with E-state index >= 15 is 0 Å².